The van der Waals surface area contributed by atoms with E-state index in [-0.39, 0.29) is 6.61 Å². The zero-order valence-electron chi connectivity index (χ0n) is 9.32. The summed E-state index contributed by atoms with van der Waals surface area (Å²) in [5.74, 6) is 0. The first kappa shape index (κ1) is 12.0. The first-order chi connectivity index (χ1) is 7.27. The van der Waals surface area contributed by atoms with E-state index in [2.05, 4.69) is 17.9 Å². The standard InChI is InChI=1S/C12H20N2O/c1-2-14(8-5-9-15)10-11-6-3-4-7-12(11)13/h3-4,6-7,15H,2,5,8-10,13H2,1H3. The smallest absolute Gasteiger partial charge is 0.0443 e. The number of aliphatic hydroxyl groups excluding tert-OH is 1. The van der Waals surface area contributed by atoms with Crippen LogP contribution in [0.1, 0.15) is 18.9 Å². The first-order valence-electron chi connectivity index (χ1n) is 5.44. The van der Waals surface area contributed by atoms with Crippen molar-refractivity contribution in [1.29, 1.82) is 0 Å². The SMILES string of the molecule is CCN(CCCO)Cc1ccccc1N. The molecular formula is C12H20N2O. The number of aliphatic hydroxyl groups is 1. The molecule has 0 aromatic heterocycles. The lowest BCUT2D eigenvalue weighted by Crippen LogP contribution is -2.25. The molecule has 3 heteroatoms. The van der Waals surface area contributed by atoms with Crippen molar-refractivity contribution in [1.82, 2.24) is 4.90 Å². The minimum Gasteiger partial charge on any atom is -0.398 e. The molecule has 0 aliphatic rings. The van der Waals surface area contributed by atoms with Gasteiger partial charge in [-0.05, 0) is 24.6 Å². The van der Waals surface area contributed by atoms with Crippen molar-refractivity contribution in [3.63, 3.8) is 0 Å². The number of hydrogen-bond donors (Lipinski definition) is 2. The van der Waals surface area contributed by atoms with Crippen LogP contribution >= 0.6 is 0 Å². The molecule has 1 rings (SSSR count). The molecule has 0 amide bonds. The average Bonchev–Trinajstić information content (AvgIpc) is 2.26. The Hall–Kier alpha value is -1.06. The number of nitrogen functional groups attached to an aromatic ring is 1. The third-order valence-electron chi connectivity index (χ3n) is 2.53. The molecule has 0 spiro atoms. The quantitative estimate of drug-likeness (QED) is 0.696. The Balaban J connectivity index is 2.54. The number of nitrogens with zero attached hydrogens (tertiary/aromatic N) is 1. The van der Waals surface area contributed by atoms with Gasteiger partial charge in [-0.25, -0.2) is 0 Å². The van der Waals surface area contributed by atoms with Crippen molar-refractivity contribution < 1.29 is 5.11 Å². The van der Waals surface area contributed by atoms with Crippen LogP contribution in [-0.2, 0) is 6.54 Å². The lowest BCUT2D eigenvalue weighted by molar-refractivity contribution is 0.225. The maximum Gasteiger partial charge on any atom is 0.0443 e. The van der Waals surface area contributed by atoms with E-state index in [9.17, 15) is 0 Å². The lowest BCUT2D eigenvalue weighted by atomic mass is 10.1. The Morgan fingerprint density at radius 2 is 2.07 bits per heavy atom. The molecule has 15 heavy (non-hydrogen) atoms. The zero-order valence-corrected chi connectivity index (χ0v) is 9.32. The maximum absolute atomic E-state index is 8.78. The molecule has 84 valence electrons. The van der Waals surface area contributed by atoms with Gasteiger partial charge in [0.2, 0.25) is 0 Å². The molecule has 0 atom stereocenters. The maximum atomic E-state index is 8.78. The van der Waals surface area contributed by atoms with Crippen LogP contribution in [-0.4, -0.2) is 29.7 Å². The van der Waals surface area contributed by atoms with Crippen LogP contribution < -0.4 is 5.73 Å². The summed E-state index contributed by atoms with van der Waals surface area (Å²) in [6.07, 6.45) is 0.820. The van der Waals surface area contributed by atoms with Crippen molar-refractivity contribution in [2.75, 3.05) is 25.4 Å². The number of para-hydroxylation sites is 1. The van der Waals surface area contributed by atoms with Gasteiger partial charge in [-0.2, -0.15) is 0 Å². The summed E-state index contributed by atoms with van der Waals surface area (Å²) in [6.45, 7) is 5.14. The van der Waals surface area contributed by atoms with Crippen molar-refractivity contribution in [2.24, 2.45) is 0 Å². The molecule has 3 N–H and O–H groups in total. The van der Waals surface area contributed by atoms with Crippen molar-refractivity contribution >= 4 is 5.69 Å². The summed E-state index contributed by atoms with van der Waals surface area (Å²) in [5, 5.41) is 8.78. The monoisotopic (exact) mass is 208 g/mol. The largest absolute Gasteiger partial charge is 0.398 e. The highest BCUT2D eigenvalue weighted by molar-refractivity contribution is 5.46. The highest BCUT2D eigenvalue weighted by atomic mass is 16.3. The van der Waals surface area contributed by atoms with Crippen LogP contribution in [0.5, 0.6) is 0 Å². The number of nitrogens with two attached hydrogens (primary N) is 1. The number of rotatable bonds is 6. The topological polar surface area (TPSA) is 49.5 Å². The molecule has 1 aromatic rings. The summed E-state index contributed by atoms with van der Waals surface area (Å²) < 4.78 is 0. The summed E-state index contributed by atoms with van der Waals surface area (Å²) in [7, 11) is 0. The van der Waals surface area contributed by atoms with Crippen LogP contribution in [0.4, 0.5) is 5.69 Å². The third-order valence-corrected chi connectivity index (χ3v) is 2.53. The lowest BCUT2D eigenvalue weighted by Gasteiger charge is -2.20. The molecule has 0 bridgehead atoms. The highest BCUT2D eigenvalue weighted by Crippen LogP contribution is 2.13. The van der Waals surface area contributed by atoms with Gasteiger partial charge >= 0.3 is 0 Å². The Labute approximate surface area is 91.5 Å². The van der Waals surface area contributed by atoms with Crippen molar-refractivity contribution in [2.45, 2.75) is 19.9 Å². The summed E-state index contributed by atoms with van der Waals surface area (Å²) >= 11 is 0. The highest BCUT2D eigenvalue weighted by Gasteiger charge is 2.04. The fourth-order valence-electron chi connectivity index (χ4n) is 1.56. The predicted octanol–water partition coefficient (Wildman–Crippen LogP) is 1.47. The van der Waals surface area contributed by atoms with Crippen LogP contribution in [0.2, 0.25) is 0 Å². The summed E-state index contributed by atoms with van der Waals surface area (Å²) in [5.41, 5.74) is 7.89. The van der Waals surface area contributed by atoms with Crippen molar-refractivity contribution in [3.8, 4) is 0 Å². The van der Waals surface area contributed by atoms with E-state index in [0.717, 1.165) is 37.3 Å². The molecule has 3 nitrogen and oxygen atoms in total. The Morgan fingerprint density at radius 1 is 1.33 bits per heavy atom. The molecule has 0 saturated heterocycles. The van der Waals surface area contributed by atoms with Crippen LogP contribution in [0.15, 0.2) is 24.3 Å². The molecule has 0 heterocycles. The molecule has 0 fully saturated rings. The molecule has 1 aromatic carbocycles. The van der Waals surface area contributed by atoms with Gasteiger partial charge in [0, 0.05) is 25.4 Å². The fraction of sp³-hybridized carbons (Fsp3) is 0.500. The minimum atomic E-state index is 0.251. The Kier molecular flexibility index (Phi) is 5.15. The molecular weight excluding hydrogens is 188 g/mol. The van der Waals surface area contributed by atoms with Gasteiger partial charge in [0.1, 0.15) is 0 Å². The summed E-state index contributed by atoms with van der Waals surface area (Å²) in [6, 6.07) is 7.93. The van der Waals surface area contributed by atoms with E-state index in [1.807, 2.05) is 18.2 Å². The van der Waals surface area contributed by atoms with Crippen molar-refractivity contribution in [3.05, 3.63) is 29.8 Å². The number of hydrogen-bond acceptors (Lipinski definition) is 3. The van der Waals surface area contributed by atoms with E-state index >= 15 is 0 Å². The van der Waals surface area contributed by atoms with E-state index < -0.39 is 0 Å². The first-order valence-corrected chi connectivity index (χ1v) is 5.44. The van der Waals surface area contributed by atoms with E-state index in [1.54, 1.807) is 0 Å². The second kappa shape index (κ2) is 6.43. The fourth-order valence-corrected chi connectivity index (χ4v) is 1.56. The van der Waals surface area contributed by atoms with E-state index in [1.165, 1.54) is 0 Å². The minimum absolute atomic E-state index is 0.251. The van der Waals surface area contributed by atoms with Gasteiger partial charge < -0.3 is 10.8 Å². The van der Waals surface area contributed by atoms with Crippen LogP contribution in [0.3, 0.4) is 0 Å². The van der Waals surface area contributed by atoms with Crippen LogP contribution in [0.25, 0.3) is 0 Å². The van der Waals surface area contributed by atoms with Crippen LogP contribution in [0, 0.1) is 0 Å². The second-order valence-corrected chi connectivity index (χ2v) is 3.64. The predicted molar refractivity (Wildman–Crippen MR) is 63.5 cm³/mol. The molecule has 0 radical (unpaired) electrons. The van der Waals surface area contributed by atoms with Gasteiger partial charge in [-0.3, -0.25) is 4.90 Å². The number of benzene rings is 1. The van der Waals surface area contributed by atoms with Gasteiger partial charge in [0.05, 0.1) is 0 Å². The normalized spacial score (nSPS) is 10.9. The molecule has 0 aliphatic carbocycles. The zero-order chi connectivity index (χ0) is 11.1. The van der Waals surface area contributed by atoms with Gasteiger partial charge in [-0.1, -0.05) is 25.1 Å². The van der Waals surface area contributed by atoms with E-state index in [0.29, 0.717) is 0 Å². The third kappa shape index (κ3) is 3.90. The van der Waals surface area contributed by atoms with E-state index in [4.69, 9.17) is 10.8 Å². The Morgan fingerprint density at radius 3 is 2.67 bits per heavy atom. The summed E-state index contributed by atoms with van der Waals surface area (Å²) in [4.78, 5) is 2.28. The Bertz CT molecular complexity index is 289. The average molecular weight is 208 g/mol. The van der Waals surface area contributed by atoms with Gasteiger partial charge in [0.25, 0.3) is 0 Å². The van der Waals surface area contributed by atoms with Gasteiger partial charge in [-0.15, -0.1) is 0 Å². The molecule has 0 unspecified atom stereocenters. The van der Waals surface area contributed by atoms with Gasteiger partial charge in [0.15, 0.2) is 0 Å². The molecule has 0 saturated carbocycles. The second-order valence-electron chi connectivity index (χ2n) is 3.64. The number of anilines is 1. The molecule has 0 aliphatic heterocycles.